The molecule has 0 aromatic carbocycles. The van der Waals surface area contributed by atoms with E-state index in [2.05, 4.69) is 20.4 Å². The molecule has 2 aliphatic rings. The highest BCUT2D eigenvalue weighted by Crippen LogP contribution is 2.24. The summed E-state index contributed by atoms with van der Waals surface area (Å²) >= 11 is 0. The Morgan fingerprint density at radius 1 is 1.27 bits per heavy atom. The van der Waals surface area contributed by atoms with Gasteiger partial charge in [0, 0.05) is 45.1 Å². The predicted octanol–water partition coefficient (Wildman–Crippen LogP) is 1.83. The van der Waals surface area contributed by atoms with Gasteiger partial charge in [0.25, 0.3) is 0 Å². The largest absolute Gasteiger partial charge is 0.343 e. The average molecular weight is 356 g/mol. The molecule has 0 saturated carbocycles. The molecule has 26 heavy (non-hydrogen) atoms. The summed E-state index contributed by atoms with van der Waals surface area (Å²) in [6, 6.07) is 0. The molecule has 7 heteroatoms. The fourth-order valence-corrected chi connectivity index (χ4v) is 4.28. The fraction of sp³-hybridized carbons (Fsp3) is 0.684. The summed E-state index contributed by atoms with van der Waals surface area (Å²) in [6.07, 6.45) is 10.9. The summed E-state index contributed by atoms with van der Waals surface area (Å²) in [6.45, 7) is 1.72. The minimum atomic E-state index is 0.273. The first kappa shape index (κ1) is 17.2. The normalized spacial score (nSPS) is 18.1. The van der Waals surface area contributed by atoms with Crippen molar-refractivity contribution >= 4 is 5.91 Å². The third kappa shape index (κ3) is 3.66. The van der Waals surface area contributed by atoms with Crippen molar-refractivity contribution in [3.05, 3.63) is 29.1 Å². The zero-order valence-electron chi connectivity index (χ0n) is 15.6. The van der Waals surface area contributed by atoms with Gasteiger partial charge in [-0.1, -0.05) is 0 Å². The third-order valence-electron chi connectivity index (χ3n) is 5.96. The lowest BCUT2D eigenvalue weighted by molar-refractivity contribution is -0.132. The van der Waals surface area contributed by atoms with Crippen LogP contribution in [0.3, 0.4) is 0 Å². The highest BCUT2D eigenvalue weighted by atomic mass is 16.2. The standard InChI is InChI=1S/C19H28N6O/c1-24-13-20-23-18(24)12-14-8-10-25(11-9-14)19(26)7-6-17-15-4-2-3-5-16(15)21-22-17/h13-14H,2-12H2,1H3,(H,21,22). The van der Waals surface area contributed by atoms with Crippen LogP contribution < -0.4 is 0 Å². The minimum Gasteiger partial charge on any atom is -0.343 e. The Morgan fingerprint density at radius 2 is 2.08 bits per heavy atom. The number of carbonyl (C=O) groups excluding carboxylic acids is 1. The minimum absolute atomic E-state index is 0.273. The molecule has 7 nitrogen and oxygen atoms in total. The van der Waals surface area contributed by atoms with Crippen molar-refractivity contribution in [2.24, 2.45) is 13.0 Å². The molecule has 0 spiro atoms. The smallest absolute Gasteiger partial charge is 0.222 e. The monoisotopic (exact) mass is 356 g/mol. The van der Waals surface area contributed by atoms with Gasteiger partial charge in [0.15, 0.2) is 0 Å². The van der Waals surface area contributed by atoms with Crippen LogP contribution in [0.4, 0.5) is 0 Å². The molecule has 0 radical (unpaired) electrons. The number of H-pyrrole nitrogens is 1. The second kappa shape index (κ2) is 7.60. The van der Waals surface area contributed by atoms with E-state index in [-0.39, 0.29) is 5.91 Å². The van der Waals surface area contributed by atoms with E-state index >= 15 is 0 Å². The second-order valence-corrected chi connectivity index (χ2v) is 7.72. The Labute approximate surface area is 154 Å². The van der Waals surface area contributed by atoms with E-state index in [9.17, 15) is 4.79 Å². The van der Waals surface area contributed by atoms with Crippen LogP contribution in [-0.4, -0.2) is 48.9 Å². The van der Waals surface area contributed by atoms with E-state index in [1.165, 1.54) is 24.1 Å². The topological polar surface area (TPSA) is 79.7 Å². The molecule has 2 aromatic heterocycles. The Kier molecular flexibility index (Phi) is 5.04. The summed E-state index contributed by atoms with van der Waals surface area (Å²) in [7, 11) is 1.99. The molecule has 3 heterocycles. The molecule has 1 aliphatic heterocycles. The molecule has 1 amide bonds. The van der Waals surface area contributed by atoms with Crippen LogP contribution in [0.15, 0.2) is 6.33 Å². The Bertz CT molecular complexity index is 756. The highest BCUT2D eigenvalue weighted by molar-refractivity contribution is 5.76. The first-order chi connectivity index (χ1) is 12.7. The average Bonchev–Trinajstić information content (AvgIpc) is 3.27. The Morgan fingerprint density at radius 3 is 2.85 bits per heavy atom. The molecule has 4 rings (SSSR count). The third-order valence-corrected chi connectivity index (χ3v) is 5.96. The van der Waals surface area contributed by atoms with Crippen molar-refractivity contribution in [1.29, 1.82) is 0 Å². The second-order valence-electron chi connectivity index (χ2n) is 7.72. The van der Waals surface area contributed by atoms with Gasteiger partial charge < -0.3 is 9.47 Å². The predicted molar refractivity (Wildman–Crippen MR) is 97.6 cm³/mol. The molecule has 0 unspecified atom stereocenters. The van der Waals surface area contributed by atoms with Crippen LogP contribution in [0.5, 0.6) is 0 Å². The van der Waals surface area contributed by atoms with Crippen LogP contribution in [0.25, 0.3) is 0 Å². The van der Waals surface area contributed by atoms with Gasteiger partial charge in [-0.2, -0.15) is 5.10 Å². The number of likely N-dealkylation sites (tertiary alicyclic amines) is 1. The fourth-order valence-electron chi connectivity index (χ4n) is 4.28. The summed E-state index contributed by atoms with van der Waals surface area (Å²) in [5.41, 5.74) is 3.79. The van der Waals surface area contributed by atoms with Crippen molar-refractivity contribution in [2.45, 2.75) is 57.8 Å². The number of piperidine rings is 1. The number of carbonyl (C=O) groups is 1. The Hall–Kier alpha value is -2.18. The van der Waals surface area contributed by atoms with Crippen LogP contribution >= 0.6 is 0 Å². The van der Waals surface area contributed by atoms with E-state index in [0.29, 0.717) is 12.3 Å². The maximum absolute atomic E-state index is 12.6. The number of aromatic nitrogens is 5. The number of nitrogens with one attached hydrogen (secondary N) is 1. The van der Waals surface area contributed by atoms with Crippen LogP contribution in [-0.2, 0) is 37.5 Å². The number of fused-ring (bicyclic) bond motifs is 1. The highest BCUT2D eigenvalue weighted by Gasteiger charge is 2.24. The van der Waals surface area contributed by atoms with Gasteiger partial charge in [-0.05, 0) is 50.0 Å². The molecular weight excluding hydrogens is 328 g/mol. The molecule has 1 aliphatic carbocycles. The van der Waals surface area contributed by atoms with Gasteiger partial charge in [-0.15, -0.1) is 10.2 Å². The number of amides is 1. The molecule has 140 valence electrons. The lowest BCUT2D eigenvalue weighted by atomic mass is 9.92. The van der Waals surface area contributed by atoms with E-state index < -0.39 is 0 Å². The lowest BCUT2D eigenvalue weighted by Crippen LogP contribution is -2.39. The lowest BCUT2D eigenvalue weighted by Gasteiger charge is -2.32. The van der Waals surface area contributed by atoms with E-state index in [0.717, 1.165) is 63.1 Å². The number of hydrogen-bond donors (Lipinski definition) is 1. The van der Waals surface area contributed by atoms with Crippen LogP contribution in [0, 0.1) is 5.92 Å². The Balaban J connectivity index is 1.25. The summed E-state index contributed by atoms with van der Waals surface area (Å²) in [4.78, 5) is 14.6. The van der Waals surface area contributed by atoms with Gasteiger partial charge in [0.05, 0.1) is 5.69 Å². The van der Waals surface area contributed by atoms with Gasteiger partial charge in [-0.25, -0.2) is 0 Å². The molecular formula is C19H28N6O. The van der Waals surface area contributed by atoms with Crippen LogP contribution in [0.2, 0.25) is 0 Å². The van der Waals surface area contributed by atoms with Crippen molar-refractivity contribution < 1.29 is 4.79 Å². The van der Waals surface area contributed by atoms with Gasteiger partial charge in [0.2, 0.25) is 5.91 Å². The number of aromatic amines is 1. The van der Waals surface area contributed by atoms with Gasteiger partial charge in [-0.3, -0.25) is 9.89 Å². The summed E-state index contributed by atoms with van der Waals surface area (Å²) in [5, 5.41) is 15.8. The molecule has 1 fully saturated rings. The van der Waals surface area contributed by atoms with Gasteiger partial charge >= 0.3 is 0 Å². The molecule has 2 aromatic rings. The zero-order valence-corrected chi connectivity index (χ0v) is 15.6. The first-order valence-electron chi connectivity index (χ1n) is 9.86. The van der Waals surface area contributed by atoms with Gasteiger partial charge in [0.1, 0.15) is 12.2 Å². The quantitative estimate of drug-likeness (QED) is 0.886. The van der Waals surface area contributed by atoms with Crippen molar-refractivity contribution in [1.82, 2.24) is 29.9 Å². The van der Waals surface area contributed by atoms with Crippen LogP contribution in [0.1, 0.15) is 54.9 Å². The van der Waals surface area contributed by atoms with Crippen molar-refractivity contribution in [3.63, 3.8) is 0 Å². The van der Waals surface area contributed by atoms with E-state index in [1.807, 2.05) is 16.5 Å². The molecule has 1 N–H and O–H groups in total. The van der Waals surface area contributed by atoms with Crippen molar-refractivity contribution in [3.8, 4) is 0 Å². The maximum atomic E-state index is 12.6. The number of hydrogen-bond acceptors (Lipinski definition) is 4. The SMILES string of the molecule is Cn1cnnc1CC1CCN(C(=O)CCc2n[nH]c3c2CCCC3)CC1. The van der Waals surface area contributed by atoms with Crippen molar-refractivity contribution in [2.75, 3.05) is 13.1 Å². The molecule has 1 saturated heterocycles. The molecule has 0 atom stereocenters. The summed E-state index contributed by atoms with van der Waals surface area (Å²) < 4.78 is 1.99. The maximum Gasteiger partial charge on any atom is 0.222 e. The first-order valence-corrected chi connectivity index (χ1v) is 9.86. The number of aryl methyl sites for hydroxylation is 3. The number of rotatable bonds is 5. The molecule has 0 bridgehead atoms. The number of nitrogens with zero attached hydrogens (tertiary/aromatic N) is 5. The summed E-state index contributed by atoms with van der Waals surface area (Å²) in [5.74, 6) is 1.91. The van der Waals surface area contributed by atoms with E-state index in [1.54, 1.807) is 6.33 Å². The van der Waals surface area contributed by atoms with E-state index in [4.69, 9.17) is 0 Å². The zero-order chi connectivity index (χ0) is 17.9.